The number of amides is 1. The number of pyridine rings is 1. The van der Waals surface area contributed by atoms with Crippen LogP contribution in [0.1, 0.15) is 11.3 Å². The van der Waals surface area contributed by atoms with E-state index in [4.69, 9.17) is 14.6 Å². The third-order valence-electron chi connectivity index (χ3n) is 3.31. The molecule has 1 aromatic heterocycles. The Labute approximate surface area is 127 Å². The van der Waals surface area contributed by atoms with Crippen molar-refractivity contribution in [1.82, 2.24) is 10.3 Å². The Balaban J connectivity index is 1.62. The number of ether oxygens (including phenoxy) is 2. The Kier molecular flexibility index (Phi) is 4.20. The van der Waals surface area contributed by atoms with Crippen molar-refractivity contribution < 1.29 is 19.4 Å². The number of rotatable bonds is 5. The topological polar surface area (TPSA) is 80.7 Å². The highest BCUT2D eigenvalue weighted by atomic mass is 16.6. The van der Waals surface area contributed by atoms with Crippen molar-refractivity contribution >= 4 is 6.09 Å². The zero-order chi connectivity index (χ0) is 15.4. The average Bonchev–Trinajstić information content (AvgIpc) is 2.94. The van der Waals surface area contributed by atoms with Crippen molar-refractivity contribution in [2.45, 2.75) is 19.1 Å². The van der Waals surface area contributed by atoms with E-state index in [2.05, 4.69) is 10.3 Å². The molecular formula is C16H16N2O4. The molecule has 6 nitrogen and oxygen atoms in total. The quantitative estimate of drug-likeness (QED) is 0.883. The Morgan fingerprint density at radius 3 is 2.77 bits per heavy atom. The van der Waals surface area contributed by atoms with E-state index in [-0.39, 0.29) is 18.7 Å². The van der Waals surface area contributed by atoms with Crippen LogP contribution in [-0.2, 0) is 17.8 Å². The smallest absolute Gasteiger partial charge is 0.407 e. The van der Waals surface area contributed by atoms with Gasteiger partial charge in [0.05, 0.1) is 18.3 Å². The van der Waals surface area contributed by atoms with Crippen molar-refractivity contribution in [1.29, 1.82) is 0 Å². The van der Waals surface area contributed by atoms with Crippen molar-refractivity contribution in [3.05, 3.63) is 53.7 Å². The number of benzene rings is 1. The number of aliphatic hydroxyl groups excluding tert-OH is 1. The summed E-state index contributed by atoms with van der Waals surface area (Å²) in [5, 5.41) is 11.8. The monoisotopic (exact) mass is 300 g/mol. The lowest BCUT2D eigenvalue weighted by atomic mass is 10.1. The Morgan fingerprint density at radius 1 is 1.27 bits per heavy atom. The van der Waals surface area contributed by atoms with E-state index in [1.165, 1.54) is 0 Å². The maximum atomic E-state index is 11.0. The lowest BCUT2D eigenvalue weighted by molar-refractivity contribution is 0.177. The van der Waals surface area contributed by atoms with Crippen molar-refractivity contribution in [2.24, 2.45) is 0 Å². The molecule has 1 atom stereocenters. The predicted octanol–water partition coefficient (Wildman–Crippen LogP) is 2.02. The van der Waals surface area contributed by atoms with Gasteiger partial charge in [-0.05, 0) is 30.2 Å². The van der Waals surface area contributed by atoms with Crippen LogP contribution in [-0.4, -0.2) is 28.8 Å². The summed E-state index contributed by atoms with van der Waals surface area (Å²) in [6.45, 7) is 0.278. The molecule has 0 bridgehead atoms. The summed E-state index contributed by atoms with van der Waals surface area (Å²) in [6, 6.07) is 12.8. The molecule has 0 unspecified atom stereocenters. The predicted molar refractivity (Wildman–Crippen MR) is 78.7 cm³/mol. The number of cyclic esters (lactones) is 1. The van der Waals surface area contributed by atoms with Gasteiger partial charge in [0.15, 0.2) is 0 Å². The molecule has 114 valence electrons. The largest absolute Gasteiger partial charge is 0.447 e. The molecule has 2 aromatic rings. The normalized spacial score (nSPS) is 17.0. The van der Waals surface area contributed by atoms with Gasteiger partial charge in [-0.1, -0.05) is 18.2 Å². The second kappa shape index (κ2) is 6.44. The van der Waals surface area contributed by atoms with Gasteiger partial charge in [0.25, 0.3) is 0 Å². The number of hydrogen-bond acceptors (Lipinski definition) is 5. The first kappa shape index (κ1) is 14.3. The summed E-state index contributed by atoms with van der Waals surface area (Å²) in [5.74, 6) is 1.11. The van der Waals surface area contributed by atoms with E-state index < -0.39 is 0 Å². The molecule has 1 aromatic carbocycles. The minimum atomic E-state index is -0.361. The second-order valence-electron chi connectivity index (χ2n) is 5.02. The molecule has 1 aliphatic heterocycles. The number of carbonyl (C=O) groups is 1. The number of hydrogen-bond donors (Lipinski definition) is 2. The van der Waals surface area contributed by atoms with Crippen molar-refractivity contribution in [3.8, 4) is 11.6 Å². The Bertz CT molecular complexity index is 657. The lowest BCUT2D eigenvalue weighted by Crippen LogP contribution is -2.28. The van der Waals surface area contributed by atoms with Crippen LogP contribution in [0.15, 0.2) is 42.5 Å². The molecule has 2 N–H and O–H groups in total. The second-order valence-corrected chi connectivity index (χ2v) is 5.02. The van der Waals surface area contributed by atoms with E-state index in [1.54, 1.807) is 18.2 Å². The highest BCUT2D eigenvalue weighted by Gasteiger charge is 2.22. The number of aromatic nitrogens is 1. The van der Waals surface area contributed by atoms with Gasteiger partial charge in [0, 0.05) is 6.07 Å². The van der Waals surface area contributed by atoms with E-state index in [0.29, 0.717) is 30.4 Å². The van der Waals surface area contributed by atoms with Gasteiger partial charge in [-0.15, -0.1) is 0 Å². The van der Waals surface area contributed by atoms with E-state index in [0.717, 1.165) is 5.56 Å². The van der Waals surface area contributed by atoms with Crippen LogP contribution in [0.25, 0.3) is 0 Å². The highest BCUT2D eigenvalue weighted by molar-refractivity contribution is 5.69. The van der Waals surface area contributed by atoms with E-state index in [9.17, 15) is 4.79 Å². The number of aliphatic hydroxyl groups is 1. The molecule has 3 rings (SSSR count). The molecule has 1 fully saturated rings. The van der Waals surface area contributed by atoms with Crippen LogP contribution in [0, 0.1) is 0 Å². The van der Waals surface area contributed by atoms with Crippen LogP contribution in [0.4, 0.5) is 4.79 Å². The SMILES string of the molecule is O=C1N[C@@H](Cc2ccc(Oc3cccc(CO)n3)cc2)CO1. The van der Waals surface area contributed by atoms with Crippen LogP contribution in [0.2, 0.25) is 0 Å². The van der Waals surface area contributed by atoms with Gasteiger partial charge in [-0.2, -0.15) is 0 Å². The number of nitrogens with one attached hydrogen (secondary N) is 1. The first-order valence-electron chi connectivity index (χ1n) is 7.00. The average molecular weight is 300 g/mol. The summed E-state index contributed by atoms with van der Waals surface area (Å²) < 4.78 is 10.5. The summed E-state index contributed by atoms with van der Waals surface area (Å²) >= 11 is 0. The molecule has 1 amide bonds. The van der Waals surface area contributed by atoms with Gasteiger partial charge in [-0.3, -0.25) is 0 Å². The summed E-state index contributed by atoms with van der Waals surface area (Å²) in [5.41, 5.74) is 1.64. The minimum Gasteiger partial charge on any atom is -0.447 e. The number of nitrogens with zero attached hydrogens (tertiary/aromatic N) is 1. The third-order valence-corrected chi connectivity index (χ3v) is 3.31. The fourth-order valence-electron chi connectivity index (χ4n) is 2.24. The fraction of sp³-hybridized carbons (Fsp3) is 0.250. The zero-order valence-electron chi connectivity index (χ0n) is 11.9. The maximum absolute atomic E-state index is 11.0. The Hall–Kier alpha value is -2.60. The number of carbonyl (C=O) groups excluding carboxylic acids is 1. The molecule has 1 aliphatic rings. The molecule has 0 spiro atoms. The minimum absolute atomic E-state index is 0.0159. The number of alkyl carbamates (subject to hydrolysis) is 1. The molecule has 0 saturated carbocycles. The standard InChI is InChI=1S/C16H16N2O4/c19-9-12-2-1-3-15(17-12)22-14-6-4-11(5-7-14)8-13-10-21-16(20)18-13/h1-7,13,19H,8-10H2,(H,18,20)/t13-/m0/s1. The van der Waals surface area contributed by atoms with Crippen LogP contribution < -0.4 is 10.1 Å². The maximum Gasteiger partial charge on any atom is 0.407 e. The first-order chi connectivity index (χ1) is 10.7. The fourth-order valence-corrected chi connectivity index (χ4v) is 2.24. The van der Waals surface area contributed by atoms with Crippen LogP contribution in [0.3, 0.4) is 0 Å². The van der Waals surface area contributed by atoms with Gasteiger partial charge in [-0.25, -0.2) is 9.78 Å². The molecule has 22 heavy (non-hydrogen) atoms. The van der Waals surface area contributed by atoms with Gasteiger partial charge in [0.2, 0.25) is 5.88 Å². The molecule has 6 heteroatoms. The van der Waals surface area contributed by atoms with Crippen molar-refractivity contribution in [2.75, 3.05) is 6.61 Å². The third kappa shape index (κ3) is 3.53. The van der Waals surface area contributed by atoms with Crippen LogP contribution >= 0.6 is 0 Å². The van der Waals surface area contributed by atoms with E-state index >= 15 is 0 Å². The van der Waals surface area contributed by atoms with Crippen molar-refractivity contribution in [3.63, 3.8) is 0 Å². The summed E-state index contributed by atoms with van der Waals surface area (Å²) in [6.07, 6.45) is 0.351. The summed E-state index contributed by atoms with van der Waals surface area (Å²) in [7, 11) is 0. The van der Waals surface area contributed by atoms with Gasteiger partial charge >= 0.3 is 6.09 Å². The molecule has 1 saturated heterocycles. The highest BCUT2D eigenvalue weighted by Crippen LogP contribution is 2.21. The summed E-state index contributed by atoms with van der Waals surface area (Å²) in [4.78, 5) is 15.1. The zero-order valence-corrected chi connectivity index (χ0v) is 11.9. The van der Waals surface area contributed by atoms with Crippen LogP contribution in [0.5, 0.6) is 11.6 Å². The first-order valence-corrected chi connectivity index (χ1v) is 7.00. The molecular weight excluding hydrogens is 284 g/mol. The lowest BCUT2D eigenvalue weighted by Gasteiger charge is -2.09. The molecule has 0 radical (unpaired) electrons. The van der Waals surface area contributed by atoms with Gasteiger partial charge in [0.1, 0.15) is 12.4 Å². The molecule has 0 aliphatic carbocycles. The molecule has 2 heterocycles. The Morgan fingerprint density at radius 2 is 2.09 bits per heavy atom. The van der Waals surface area contributed by atoms with Gasteiger partial charge < -0.3 is 19.9 Å². The van der Waals surface area contributed by atoms with E-state index in [1.807, 2.05) is 24.3 Å².